The molecule has 0 amide bonds. The highest BCUT2D eigenvalue weighted by atomic mass is 16.5. The highest BCUT2D eigenvalue weighted by Gasteiger charge is 2.53. The molecule has 0 radical (unpaired) electrons. The average Bonchev–Trinajstić information content (AvgIpc) is 2.94. The van der Waals surface area contributed by atoms with Gasteiger partial charge in [-0.25, -0.2) is 0 Å². The fourth-order valence-corrected chi connectivity index (χ4v) is 3.73. The van der Waals surface area contributed by atoms with Gasteiger partial charge in [-0.15, -0.1) is 0 Å². The first kappa shape index (κ1) is 10.9. The summed E-state index contributed by atoms with van der Waals surface area (Å²) in [6.07, 6.45) is 13.8. The molecule has 1 spiro atoms. The van der Waals surface area contributed by atoms with Crippen molar-refractivity contribution in [2.24, 2.45) is 17.3 Å². The normalized spacial score (nSPS) is 34.2. The van der Waals surface area contributed by atoms with Crippen LogP contribution < -0.4 is 10.5 Å². The van der Waals surface area contributed by atoms with Gasteiger partial charge in [0.25, 0.3) is 0 Å². The molecular formula is C17H17NO. The van der Waals surface area contributed by atoms with Gasteiger partial charge in [-0.05, 0) is 55.0 Å². The average molecular weight is 251 g/mol. The van der Waals surface area contributed by atoms with Crippen molar-refractivity contribution in [1.82, 2.24) is 0 Å². The molecule has 2 heteroatoms. The molecule has 1 fully saturated rings. The van der Waals surface area contributed by atoms with Crippen LogP contribution in [0, 0.1) is 17.3 Å². The number of nitrogens with two attached hydrogens (primary N) is 1. The van der Waals surface area contributed by atoms with E-state index in [1.165, 1.54) is 12.8 Å². The van der Waals surface area contributed by atoms with E-state index in [0.717, 1.165) is 17.2 Å². The van der Waals surface area contributed by atoms with Crippen molar-refractivity contribution in [2.45, 2.75) is 12.8 Å². The zero-order chi connectivity index (χ0) is 12.9. The van der Waals surface area contributed by atoms with Gasteiger partial charge in [0.05, 0.1) is 5.41 Å². The summed E-state index contributed by atoms with van der Waals surface area (Å²) in [6, 6.07) is 7.65. The van der Waals surface area contributed by atoms with Crippen molar-refractivity contribution in [3.05, 3.63) is 60.4 Å². The van der Waals surface area contributed by atoms with Gasteiger partial charge < -0.3 is 10.5 Å². The number of hydrogen-bond acceptors (Lipinski definition) is 2. The largest absolute Gasteiger partial charge is 0.461 e. The molecule has 3 atom stereocenters. The topological polar surface area (TPSA) is 35.2 Å². The van der Waals surface area contributed by atoms with Crippen molar-refractivity contribution in [1.29, 1.82) is 0 Å². The minimum atomic E-state index is 0.112. The summed E-state index contributed by atoms with van der Waals surface area (Å²) in [7, 11) is 0. The number of nitrogen functional groups attached to an aromatic ring is 1. The molecule has 0 aromatic heterocycles. The van der Waals surface area contributed by atoms with E-state index in [0.29, 0.717) is 11.8 Å². The summed E-state index contributed by atoms with van der Waals surface area (Å²) in [5, 5.41) is 0. The van der Waals surface area contributed by atoms with Crippen molar-refractivity contribution in [3.63, 3.8) is 0 Å². The lowest BCUT2D eigenvalue weighted by Crippen LogP contribution is -2.28. The van der Waals surface area contributed by atoms with Crippen LogP contribution in [0.4, 0.5) is 5.69 Å². The number of rotatable bonds is 2. The number of anilines is 1. The molecule has 3 aliphatic carbocycles. The third-order valence-corrected chi connectivity index (χ3v) is 4.62. The third kappa shape index (κ3) is 1.56. The fourth-order valence-electron chi connectivity index (χ4n) is 3.73. The lowest BCUT2D eigenvalue weighted by molar-refractivity contribution is 0.258. The van der Waals surface area contributed by atoms with E-state index < -0.39 is 0 Å². The predicted molar refractivity (Wildman–Crippen MR) is 76.5 cm³/mol. The van der Waals surface area contributed by atoms with Gasteiger partial charge in [-0.3, -0.25) is 0 Å². The Morgan fingerprint density at radius 1 is 1.16 bits per heavy atom. The third-order valence-electron chi connectivity index (χ3n) is 4.62. The maximum Gasteiger partial charge on any atom is 0.127 e. The van der Waals surface area contributed by atoms with Crippen LogP contribution in [0.3, 0.4) is 0 Å². The Bertz CT molecular complexity index is 596. The maximum absolute atomic E-state index is 6.14. The lowest BCUT2D eigenvalue weighted by atomic mass is 9.74. The molecule has 0 saturated heterocycles. The van der Waals surface area contributed by atoms with E-state index in [-0.39, 0.29) is 5.41 Å². The van der Waals surface area contributed by atoms with Gasteiger partial charge >= 0.3 is 0 Å². The molecule has 1 aromatic rings. The Kier molecular flexibility index (Phi) is 2.16. The Morgan fingerprint density at radius 2 is 2.00 bits per heavy atom. The first-order valence-electron chi connectivity index (χ1n) is 6.88. The Hall–Kier alpha value is -1.96. The smallest absolute Gasteiger partial charge is 0.127 e. The molecule has 19 heavy (non-hydrogen) atoms. The molecule has 3 unspecified atom stereocenters. The summed E-state index contributed by atoms with van der Waals surface area (Å²) in [4.78, 5) is 0. The number of ether oxygens (including phenoxy) is 1. The standard InChI is InChI=1S/C17H17NO/c18-14-4-6-15(7-5-14)19-16-10-12-9-13-3-1-2-8-17(13,16)11-12/h1-8,10,12-13H,9,11,18H2. The van der Waals surface area contributed by atoms with Crippen LogP contribution in [-0.2, 0) is 0 Å². The van der Waals surface area contributed by atoms with Crippen LogP contribution in [0.5, 0.6) is 5.75 Å². The maximum atomic E-state index is 6.14. The minimum Gasteiger partial charge on any atom is -0.461 e. The molecule has 1 saturated carbocycles. The van der Waals surface area contributed by atoms with Gasteiger partial charge in [0.1, 0.15) is 11.5 Å². The molecule has 4 rings (SSSR count). The molecule has 3 aliphatic rings. The Labute approximate surface area is 113 Å². The molecular weight excluding hydrogens is 234 g/mol. The Balaban J connectivity index is 1.66. The highest BCUT2D eigenvalue weighted by molar-refractivity contribution is 5.44. The van der Waals surface area contributed by atoms with Crippen LogP contribution in [0.1, 0.15) is 12.8 Å². The van der Waals surface area contributed by atoms with Gasteiger partial charge in [0.2, 0.25) is 0 Å². The summed E-state index contributed by atoms with van der Waals surface area (Å²) in [5.74, 6) is 3.28. The van der Waals surface area contributed by atoms with Gasteiger partial charge in [-0.1, -0.05) is 24.3 Å². The van der Waals surface area contributed by atoms with E-state index in [4.69, 9.17) is 10.5 Å². The van der Waals surface area contributed by atoms with E-state index in [2.05, 4.69) is 30.4 Å². The molecule has 96 valence electrons. The second kappa shape index (κ2) is 3.77. The second-order valence-corrected chi connectivity index (χ2v) is 5.79. The summed E-state index contributed by atoms with van der Waals surface area (Å²) in [6.45, 7) is 0. The fraction of sp³-hybridized carbons (Fsp3) is 0.294. The Morgan fingerprint density at radius 3 is 2.84 bits per heavy atom. The van der Waals surface area contributed by atoms with E-state index in [1.807, 2.05) is 24.3 Å². The van der Waals surface area contributed by atoms with Gasteiger partial charge in [0, 0.05) is 5.69 Å². The molecule has 0 aliphatic heterocycles. The lowest BCUT2D eigenvalue weighted by Gasteiger charge is -2.34. The molecule has 2 nitrogen and oxygen atoms in total. The first-order chi connectivity index (χ1) is 9.26. The number of benzene rings is 1. The van der Waals surface area contributed by atoms with E-state index in [1.54, 1.807) is 0 Å². The summed E-state index contributed by atoms with van der Waals surface area (Å²) >= 11 is 0. The zero-order valence-electron chi connectivity index (χ0n) is 10.8. The van der Waals surface area contributed by atoms with Crippen molar-refractivity contribution < 1.29 is 4.74 Å². The van der Waals surface area contributed by atoms with E-state index >= 15 is 0 Å². The molecule has 0 heterocycles. The quantitative estimate of drug-likeness (QED) is 0.814. The van der Waals surface area contributed by atoms with Crippen molar-refractivity contribution in [3.8, 4) is 5.75 Å². The summed E-state index contributed by atoms with van der Waals surface area (Å²) in [5.41, 5.74) is 6.59. The number of hydrogen-bond donors (Lipinski definition) is 1. The van der Waals surface area contributed by atoms with Crippen LogP contribution in [0.15, 0.2) is 60.4 Å². The van der Waals surface area contributed by atoms with E-state index in [9.17, 15) is 0 Å². The first-order valence-corrected chi connectivity index (χ1v) is 6.88. The summed E-state index contributed by atoms with van der Waals surface area (Å²) < 4.78 is 6.14. The second-order valence-electron chi connectivity index (χ2n) is 5.79. The highest BCUT2D eigenvalue weighted by Crippen LogP contribution is 2.59. The SMILES string of the molecule is Nc1ccc(OC2=CC3CC4C=CC=CC24C3)cc1. The molecule has 1 aromatic carbocycles. The van der Waals surface area contributed by atoms with Crippen LogP contribution >= 0.6 is 0 Å². The van der Waals surface area contributed by atoms with Crippen LogP contribution in [0.25, 0.3) is 0 Å². The van der Waals surface area contributed by atoms with Gasteiger partial charge in [-0.2, -0.15) is 0 Å². The predicted octanol–water partition coefficient (Wildman–Crippen LogP) is 3.68. The zero-order valence-corrected chi connectivity index (χ0v) is 10.8. The number of fused-ring (bicyclic) bond motifs is 1. The molecule has 2 bridgehead atoms. The van der Waals surface area contributed by atoms with Crippen molar-refractivity contribution >= 4 is 5.69 Å². The monoisotopic (exact) mass is 251 g/mol. The van der Waals surface area contributed by atoms with Crippen molar-refractivity contribution in [2.75, 3.05) is 5.73 Å². The van der Waals surface area contributed by atoms with Crippen LogP contribution in [-0.4, -0.2) is 0 Å². The molecule has 2 N–H and O–H groups in total. The minimum absolute atomic E-state index is 0.112. The van der Waals surface area contributed by atoms with Crippen LogP contribution in [0.2, 0.25) is 0 Å². The number of allylic oxidation sites excluding steroid dienone is 5. The van der Waals surface area contributed by atoms with Gasteiger partial charge in [0.15, 0.2) is 0 Å².